The molecule has 0 spiro atoms. The van der Waals surface area contributed by atoms with Gasteiger partial charge in [0.25, 0.3) is 0 Å². The zero-order valence-corrected chi connectivity index (χ0v) is 14.9. The number of phenolic OH excluding ortho intramolecular Hbond substituents is 2. The number of hydrogen-bond acceptors (Lipinski definition) is 3. The number of benzene rings is 1. The van der Waals surface area contributed by atoms with Crippen LogP contribution in [0.4, 0.5) is 0 Å². The van der Waals surface area contributed by atoms with E-state index < -0.39 is 0 Å². The normalized spacial score (nSPS) is 20.7. The fraction of sp³-hybridized carbons (Fsp3) is 0.524. The minimum absolute atomic E-state index is 0.0238. The lowest BCUT2D eigenvalue weighted by molar-refractivity contribution is 0.314. The van der Waals surface area contributed by atoms with Crippen molar-refractivity contribution in [3.8, 4) is 11.5 Å². The molecular formula is C21H30O3. The maximum Gasteiger partial charge on any atom is 0.123 e. The summed E-state index contributed by atoms with van der Waals surface area (Å²) in [5, 5.41) is 30.6. The first-order valence-corrected chi connectivity index (χ1v) is 8.98. The molecule has 2 atom stereocenters. The fourth-order valence-electron chi connectivity index (χ4n) is 3.69. The maximum atomic E-state index is 10.6. The molecule has 1 aliphatic rings. The SMILES string of the molecule is C=C(C)C1CCC(CO)=CC1c1c(O)cc(CCCCC)cc1O. The Morgan fingerprint density at radius 1 is 1.21 bits per heavy atom. The summed E-state index contributed by atoms with van der Waals surface area (Å²) in [6.45, 7) is 8.25. The summed E-state index contributed by atoms with van der Waals surface area (Å²) in [5.41, 5.74) is 3.53. The van der Waals surface area contributed by atoms with Crippen LogP contribution in [0.3, 0.4) is 0 Å². The fourth-order valence-corrected chi connectivity index (χ4v) is 3.69. The zero-order chi connectivity index (χ0) is 17.7. The van der Waals surface area contributed by atoms with Crippen LogP contribution in [0, 0.1) is 5.92 Å². The van der Waals surface area contributed by atoms with Gasteiger partial charge in [0.2, 0.25) is 0 Å². The van der Waals surface area contributed by atoms with Gasteiger partial charge in [-0.15, -0.1) is 0 Å². The van der Waals surface area contributed by atoms with Crippen LogP contribution in [0.1, 0.15) is 63.0 Å². The molecule has 1 aliphatic carbocycles. The predicted octanol–water partition coefficient (Wildman–Crippen LogP) is 4.82. The van der Waals surface area contributed by atoms with E-state index in [1.807, 2.05) is 13.0 Å². The van der Waals surface area contributed by atoms with E-state index in [0.717, 1.165) is 55.2 Å². The molecular weight excluding hydrogens is 300 g/mol. The first-order valence-electron chi connectivity index (χ1n) is 8.98. The van der Waals surface area contributed by atoms with E-state index in [0.29, 0.717) is 5.56 Å². The summed E-state index contributed by atoms with van der Waals surface area (Å²) in [6.07, 6.45) is 7.92. The number of hydrogen-bond donors (Lipinski definition) is 3. The molecule has 0 bridgehead atoms. The van der Waals surface area contributed by atoms with Gasteiger partial charge in [0.15, 0.2) is 0 Å². The van der Waals surface area contributed by atoms with Crippen molar-refractivity contribution in [2.75, 3.05) is 6.61 Å². The third kappa shape index (κ3) is 4.21. The van der Waals surface area contributed by atoms with E-state index in [-0.39, 0.29) is 29.9 Å². The molecule has 0 fully saturated rings. The number of rotatable bonds is 7. The monoisotopic (exact) mass is 330 g/mol. The molecule has 1 aromatic carbocycles. The van der Waals surface area contributed by atoms with Gasteiger partial charge in [-0.3, -0.25) is 0 Å². The van der Waals surface area contributed by atoms with Crippen molar-refractivity contribution in [1.29, 1.82) is 0 Å². The van der Waals surface area contributed by atoms with E-state index >= 15 is 0 Å². The largest absolute Gasteiger partial charge is 0.507 e. The van der Waals surface area contributed by atoms with Gasteiger partial charge in [-0.25, -0.2) is 0 Å². The van der Waals surface area contributed by atoms with Crippen LogP contribution in [-0.2, 0) is 6.42 Å². The highest BCUT2D eigenvalue weighted by molar-refractivity contribution is 5.52. The van der Waals surface area contributed by atoms with E-state index in [2.05, 4.69) is 13.5 Å². The summed E-state index contributed by atoms with van der Waals surface area (Å²) in [5.74, 6) is 0.326. The summed E-state index contributed by atoms with van der Waals surface area (Å²) in [7, 11) is 0. The lowest BCUT2D eigenvalue weighted by atomic mass is 9.73. The Hall–Kier alpha value is -1.74. The Balaban J connectivity index is 2.36. The smallest absolute Gasteiger partial charge is 0.123 e. The Morgan fingerprint density at radius 2 is 1.88 bits per heavy atom. The molecule has 1 aromatic rings. The first kappa shape index (κ1) is 18.6. The summed E-state index contributed by atoms with van der Waals surface area (Å²) in [4.78, 5) is 0. The molecule has 3 N–H and O–H groups in total. The highest BCUT2D eigenvalue weighted by atomic mass is 16.3. The third-order valence-electron chi connectivity index (χ3n) is 5.06. The first-order chi connectivity index (χ1) is 11.5. The second-order valence-corrected chi connectivity index (χ2v) is 7.01. The van der Waals surface area contributed by atoms with Gasteiger partial charge < -0.3 is 15.3 Å². The number of allylic oxidation sites excluding steroid dienone is 2. The molecule has 132 valence electrons. The molecule has 0 saturated carbocycles. The minimum atomic E-state index is -0.136. The van der Waals surface area contributed by atoms with Crippen LogP contribution in [0.2, 0.25) is 0 Å². The van der Waals surface area contributed by atoms with Crippen molar-refractivity contribution >= 4 is 0 Å². The summed E-state index contributed by atoms with van der Waals surface area (Å²) < 4.78 is 0. The highest BCUT2D eigenvalue weighted by Gasteiger charge is 2.30. The number of aryl methyl sites for hydroxylation is 1. The van der Waals surface area contributed by atoms with Gasteiger partial charge in [0.1, 0.15) is 11.5 Å². The second kappa shape index (κ2) is 8.39. The van der Waals surface area contributed by atoms with E-state index in [1.54, 1.807) is 12.1 Å². The standard InChI is InChI=1S/C21H30O3/c1-4-5-6-7-15-11-19(23)21(20(24)12-15)18-10-16(13-22)8-9-17(18)14(2)3/h10-12,17-18,22-24H,2,4-9,13H2,1,3H3. The van der Waals surface area contributed by atoms with E-state index in [1.165, 1.54) is 0 Å². The molecule has 2 unspecified atom stereocenters. The molecule has 0 aliphatic heterocycles. The van der Waals surface area contributed by atoms with Gasteiger partial charge in [-0.2, -0.15) is 0 Å². The molecule has 0 heterocycles. The van der Waals surface area contributed by atoms with Crippen LogP contribution in [-0.4, -0.2) is 21.9 Å². The quantitative estimate of drug-likeness (QED) is 0.496. The number of aliphatic hydroxyl groups excluding tert-OH is 1. The Morgan fingerprint density at radius 3 is 2.42 bits per heavy atom. The van der Waals surface area contributed by atoms with Crippen molar-refractivity contribution in [3.05, 3.63) is 47.1 Å². The number of phenols is 2. The molecule has 0 aromatic heterocycles. The number of unbranched alkanes of at least 4 members (excludes halogenated alkanes) is 2. The highest BCUT2D eigenvalue weighted by Crippen LogP contribution is 2.46. The lowest BCUT2D eigenvalue weighted by Crippen LogP contribution is -2.18. The molecule has 0 saturated heterocycles. The van der Waals surface area contributed by atoms with E-state index in [4.69, 9.17) is 0 Å². The van der Waals surface area contributed by atoms with Crippen molar-refractivity contribution in [2.24, 2.45) is 5.92 Å². The van der Waals surface area contributed by atoms with Gasteiger partial charge in [0, 0.05) is 11.5 Å². The van der Waals surface area contributed by atoms with Crippen LogP contribution in [0.15, 0.2) is 35.9 Å². The van der Waals surface area contributed by atoms with Gasteiger partial charge >= 0.3 is 0 Å². The van der Waals surface area contributed by atoms with Crippen LogP contribution in [0.25, 0.3) is 0 Å². The van der Waals surface area contributed by atoms with Gasteiger partial charge in [0.05, 0.1) is 6.61 Å². The molecule has 2 rings (SSSR count). The average molecular weight is 330 g/mol. The number of aliphatic hydroxyl groups is 1. The van der Waals surface area contributed by atoms with Crippen molar-refractivity contribution in [2.45, 2.75) is 58.3 Å². The summed E-state index contributed by atoms with van der Waals surface area (Å²) >= 11 is 0. The molecule has 3 nitrogen and oxygen atoms in total. The minimum Gasteiger partial charge on any atom is -0.507 e. The average Bonchev–Trinajstić information content (AvgIpc) is 2.54. The maximum absolute atomic E-state index is 10.6. The van der Waals surface area contributed by atoms with Gasteiger partial charge in [-0.1, -0.05) is 38.0 Å². The van der Waals surface area contributed by atoms with Crippen LogP contribution in [0.5, 0.6) is 11.5 Å². The lowest BCUT2D eigenvalue weighted by Gasteiger charge is -2.31. The molecule has 0 amide bonds. The number of aromatic hydroxyl groups is 2. The van der Waals surface area contributed by atoms with Crippen LogP contribution >= 0.6 is 0 Å². The molecule has 3 heteroatoms. The third-order valence-corrected chi connectivity index (χ3v) is 5.06. The zero-order valence-electron chi connectivity index (χ0n) is 14.9. The molecule has 0 radical (unpaired) electrons. The van der Waals surface area contributed by atoms with Gasteiger partial charge in [-0.05, 0) is 61.8 Å². The predicted molar refractivity (Wildman–Crippen MR) is 98.4 cm³/mol. The van der Waals surface area contributed by atoms with Crippen LogP contribution < -0.4 is 0 Å². The Bertz CT molecular complexity index is 593. The topological polar surface area (TPSA) is 60.7 Å². The Kier molecular flexibility index (Phi) is 6.50. The van der Waals surface area contributed by atoms with Crippen molar-refractivity contribution in [1.82, 2.24) is 0 Å². The van der Waals surface area contributed by atoms with Crippen molar-refractivity contribution < 1.29 is 15.3 Å². The van der Waals surface area contributed by atoms with Crippen molar-refractivity contribution in [3.63, 3.8) is 0 Å². The summed E-state index contributed by atoms with van der Waals surface area (Å²) in [6, 6.07) is 3.56. The second-order valence-electron chi connectivity index (χ2n) is 7.01. The van der Waals surface area contributed by atoms with E-state index in [9.17, 15) is 15.3 Å². The Labute approximate surface area is 145 Å². The molecule has 24 heavy (non-hydrogen) atoms.